The summed E-state index contributed by atoms with van der Waals surface area (Å²) >= 11 is 0. The zero-order chi connectivity index (χ0) is 9.26. The lowest BCUT2D eigenvalue weighted by atomic mass is 9.87. The van der Waals surface area contributed by atoms with Crippen molar-refractivity contribution >= 4 is 5.91 Å². The van der Waals surface area contributed by atoms with Crippen molar-refractivity contribution in [1.29, 1.82) is 0 Å². The first kappa shape index (κ1) is 9.00. The standard InChI is InChI=1S/C10H18N2O/c11-9(7-3-1-2-4-7)8-5-6-12-10(8)13/h7-9H,1-6,11H2,(H,12,13). The van der Waals surface area contributed by atoms with Crippen LogP contribution in [-0.2, 0) is 4.79 Å². The molecule has 0 aromatic carbocycles. The van der Waals surface area contributed by atoms with Gasteiger partial charge in [0.25, 0.3) is 0 Å². The van der Waals surface area contributed by atoms with E-state index in [1.807, 2.05) is 0 Å². The third-order valence-electron chi connectivity index (χ3n) is 3.50. The molecule has 0 aromatic heterocycles. The quantitative estimate of drug-likeness (QED) is 0.658. The van der Waals surface area contributed by atoms with Crippen LogP contribution in [0.25, 0.3) is 0 Å². The van der Waals surface area contributed by atoms with E-state index in [9.17, 15) is 4.79 Å². The van der Waals surface area contributed by atoms with Gasteiger partial charge in [-0.3, -0.25) is 4.79 Å². The highest BCUT2D eigenvalue weighted by Crippen LogP contribution is 2.31. The highest BCUT2D eigenvalue weighted by Gasteiger charge is 2.35. The second-order valence-corrected chi connectivity index (χ2v) is 4.31. The molecule has 74 valence electrons. The van der Waals surface area contributed by atoms with Crippen LogP contribution in [0.2, 0.25) is 0 Å². The fourth-order valence-corrected chi connectivity index (χ4v) is 2.65. The first-order valence-electron chi connectivity index (χ1n) is 5.32. The average Bonchev–Trinajstić information content (AvgIpc) is 2.72. The van der Waals surface area contributed by atoms with Crippen LogP contribution in [0, 0.1) is 11.8 Å². The fraction of sp³-hybridized carbons (Fsp3) is 0.900. The van der Waals surface area contributed by atoms with Crippen LogP contribution in [0.15, 0.2) is 0 Å². The summed E-state index contributed by atoms with van der Waals surface area (Å²) in [5, 5.41) is 2.86. The van der Waals surface area contributed by atoms with Crippen molar-refractivity contribution in [2.75, 3.05) is 6.54 Å². The van der Waals surface area contributed by atoms with Gasteiger partial charge < -0.3 is 11.1 Å². The monoisotopic (exact) mass is 182 g/mol. The number of nitrogens with two attached hydrogens (primary N) is 1. The molecular formula is C10H18N2O. The molecule has 0 aromatic rings. The predicted molar refractivity (Wildman–Crippen MR) is 51.1 cm³/mol. The molecule has 1 saturated heterocycles. The maximum absolute atomic E-state index is 11.4. The Morgan fingerprint density at radius 3 is 2.54 bits per heavy atom. The maximum Gasteiger partial charge on any atom is 0.224 e. The summed E-state index contributed by atoms with van der Waals surface area (Å²) in [6, 6.07) is 0.116. The summed E-state index contributed by atoms with van der Waals surface area (Å²) in [6.07, 6.45) is 5.99. The van der Waals surface area contributed by atoms with Crippen molar-refractivity contribution < 1.29 is 4.79 Å². The number of hydrogen-bond donors (Lipinski definition) is 2. The van der Waals surface area contributed by atoms with Gasteiger partial charge in [-0.15, -0.1) is 0 Å². The molecule has 1 aliphatic carbocycles. The topological polar surface area (TPSA) is 55.1 Å². The third kappa shape index (κ3) is 1.70. The van der Waals surface area contributed by atoms with Crippen LogP contribution in [0.3, 0.4) is 0 Å². The molecule has 0 bridgehead atoms. The van der Waals surface area contributed by atoms with Crippen molar-refractivity contribution in [3.05, 3.63) is 0 Å². The molecule has 0 spiro atoms. The highest BCUT2D eigenvalue weighted by atomic mass is 16.2. The molecule has 1 amide bonds. The van der Waals surface area contributed by atoms with Gasteiger partial charge in [0.1, 0.15) is 0 Å². The van der Waals surface area contributed by atoms with Crippen molar-refractivity contribution in [1.82, 2.24) is 5.32 Å². The van der Waals surface area contributed by atoms with E-state index in [0.717, 1.165) is 13.0 Å². The Labute approximate surface area is 79.1 Å². The molecule has 1 heterocycles. The van der Waals surface area contributed by atoms with Gasteiger partial charge >= 0.3 is 0 Å². The van der Waals surface area contributed by atoms with Crippen molar-refractivity contribution in [3.8, 4) is 0 Å². The Balaban J connectivity index is 1.94. The van der Waals surface area contributed by atoms with Gasteiger partial charge in [-0.05, 0) is 25.2 Å². The minimum Gasteiger partial charge on any atom is -0.356 e. The van der Waals surface area contributed by atoms with Crippen LogP contribution in [0.5, 0.6) is 0 Å². The summed E-state index contributed by atoms with van der Waals surface area (Å²) in [7, 11) is 0. The van der Waals surface area contributed by atoms with Crippen LogP contribution >= 0.6 is 0 Å². The summed E-state index contributed by atoms with van der Waals surface area (Å²) < 4.78 is 0. The second-order valence-electron chi connectivity index (χ2n) is 4.31. The SMILES string of the molecule is NC(C1CCCC1)C1CCNC1=O. The second kappa shape index (κ2) is 3.66. The smallest absolute Gasteiger partial charge is 0.224 e. The molecule has 1 saturated carbocycles. The largest absolute Gasteiger partial charge is 0.356 e. The maximum atomic E-state index is 11.4. The van der Waals surface area contributed by atoms with E-state index >= 15 is 0 Å². The van der Waals surface area contributed by atoms with Gasteiger partial charge in [0, 0.05) is 12.6 Å². The minimum atomic E-state index is 0.100. The van der Waals surface area contributed by atoms with Gasteiger partial charge in [0.2, 0.25) is 5.91 Å². The van der Waals surface area contributed by atoms with Gasteiger partial charge in [-0.25, -0.2) is 0 Å². The van der Waals surface area contributed by atoms with E-state index in [0.29, 0.717) is 5.92 Å². The molecule has 2 atom stereocenters. The lowest BCUT2D eigenvalue weighted by molar-refractivity contribution is -0.123. The zero-order valence-electron chi connectivity index (χ0n) is 7.96. The van der Waals surface area contributed by atoms with Crippen LogP contribution in [-0.4, -0.2) is 18.5 Å². The summed E-state index contributed by atoms with van der Waals surface area (Å²) in [4.78, 5) is 11.4. The normalized spacial score (nSPS) is 32.1. The molecule has 3 heteroatoms. The molecule has 2 fully saturated rings. The number of nitrogens with one attached hydrogen (secondary N) is 1. The van der Waals surface area contributed by atoms with Gasteiger partial charge in [0.05, 0.1) is 5.92 Å². The Kier molecular flexibility index (Phi) is 2.54. The zero-order valence-corrected chi connectivity index (χ0v) is 7.96. The summed E-state index contributed by atoms with van der Waals surface area (Å²) in [6.45, 7) is 0.823. The molecule has 1 aliphatic heterocycles. The number of carbonyl (C=O) groups is 1. The van der Waals surface area contributed by atoms with Crippen LogP contribution < -0.4 is 11.1 Å². The number of rotatable bonds is 2. The molecule has 13 heavy (non-hydrogen) atoms. The highest BCUT2D eigenvalue weighted by molar-refractivity contribution is 5.81. The van der Waals surface area contributed by atoms with E-state index in [1.165, 1.54) is 25.7 Å². The van der Waals surface area contributed by atoms with E-state index in [4.69, 9.17) is 5.73 Å². The molecule has 2 aliphatic rings. The Morgan fingerprint density at radius 2 is 2.00 bits per heavy atom. The lowest BCUT2D eigenvalue weighted by Gasteiger charge is -2.22. The number of amides is 1. The van der Waals surface area contributed by atoms with Gasteiger partial charge in [-0.1, -0.05) is 12.8 Å². The lowest BCUT2D eigenvalue weighted by Crippen LogP contribution is -2.40. The van der Waals surface area contributed by atoms with Crippen molar-refractivity contribution in [2.24, 2.45) is 17.6 Å². The molecule has 0 radical (unpaired) electrons. The number of hydrogen-bond acceptors (Lipinski definition) is 2. The molecule has 2 unspecified atom stereocenters. The van der Waals surface area contributed by atoms with Gasteiger partial charge in [0.15, 0.2) is 0 Å². The molecule has 3 nitrogen and oxygen atoms in total. The Hall–Kier alpha value is -0.570. The molecule has 2 rings (SSSR count). The van der Waals surface area contributed by atoms with E-state index in [2.05, 4.69) is 5.32 Å². The third-order valence-corrected chi connectivity index (χ3v) is 3.50. The average molecular weight is 182 g/mol. The van der Waals surface area contributed by atoms with Crippen molar-refractivity contribution in [3.63, 3.8) is 0 Å². The van der Waals surface area contributed by atoms with Gasteiger partial charge in [-0.2, -0.15) is 0 Å². The Morgan fingerprint density at radius 1 is 1.31 bits per heavy atom. The molecule has 3 N–H and O–H groups in total. The number of carbonyl (C=O) groups excluding carboxylic acids is 1. The Bertz CT molecular complexity index is 199. The fourth-order valence-electron chi connectivity index (χ4n) is 2.65. The molecular weight excluding hydrogens is 164 g/mol. The van der Waals surface area contributed by atoms with Crippen LogP contribution in [0.4, 0.5) is 0 Å². The minimum absolute atomic E-state index is 0.100. The first-order valence-corrected chi connectivity index (χ1v) is 5.32. The van der Waals surface area contributed by atoms with Crippen molar-refractivity contribution in [2.45, 2.75) is 38.1 Å². The van der Waals surface area contributed by atoms with E-state index in [1.54, 1.807) is 0 Å². The summed E-state index contributed by atoms with van der Waals surface area (Å²) in [5.74, 6) is 0.886. The summed E-state index contributed by atoms with van der Waals surface area (Å²) in [5.41, 5.74) is 6.11. The predicted octanol–water partition coefficient (Wildman–Crippen LogP) is 0.640. The van der Waals surface area contributed by atoms with Crippen LogP contribution in [0.1, 0.15) is 32.1 Å². The van der Waals surface area contributed by atoms with E-state index < -0.39 is 0 Å². The first-order chi connectivity index (χ1) is 6.29. The van der Waals surface area contributed by atoms with E-state index in [-0.39, 0.29) is 17.9 Å².